The second-order valence-electron chi connectivity index (χ2n) is 4.98. The number of nitrogens with two attached hydrogens (primary N) is 1. The van der Waals surface area contributed by atoms with Crippen LogP contribution in [0.5, 0.6) is 0 Å². The van der Waals surface area contributed by atoms with Gasteiger partial charge in [-0.05, 0) is 38.5 Å². The Kier molecular flexibility index (Phi) is 6.27. The lowest BCUT2D eigenvalue weighted by molar-refractivity contribution is -0.134. The SMILES string of the molecule is C=CCCC(=O)N(CCC)C1CCC(N)CC1. The van der Waals surface area contributed by atoms with Gasteiger partial charge in [0.1, 0.15) is 0 Å². The molecule has 1 saturated carbocycles. The summed E-state index contributed by atoms with van der Waals surface area (Å²) in [5.74, 6) is 0.284. The van der Waals surface area contributed by atoms with Crippen LogP contribution in [0.15, 0.2) is 12.7 Å². The highest BCUT2D eigenvalue weighted by Crippen LogP contribution is 2.23. The Labute approximate surface area is 105 Å². The molecule has 0 heterocycles. The van der Waals surface area contributed by atoms with E-state index in [4.69, 9.17) is 5.73 Å². The zero-order valence-electron chi connectivity index (χ0n) is 11.0. The molecule has 0 radical (unpaired) electrons. The van der Waals surface area contributed by atoms with E-state index in [2.05, 4.69) is 18.4 Å². The van der Waals surface area contributed by atoms with Crippen molar-refractivity contribution in [2.24, 2.45) is 5.73 Å². The van der Waals surface area contributed by atoms with Crippen molar-refractivity contribution in [1.82, 2.24) is 4.90 Å². The van der Waals surface area contributed by atoms with Crippen molar-refractivity contribution in [2.45, 2.75) is 64.0 Å². The molecule has 1 amide bonds. The van der Waals surface area contributed by atoms with E-state index in [0.29, 0.717) is 18.5 Å². The molecule has 0 aromatic carbocycles. The van der Waals surface area contributed by atoms with E-state index < -0.39 is 0 Å². The Bertz CT molecular complexity index is 245. The summed E-state index contributed by atoms with van der Waals surface area (Å²) in [6.07, 6.45) is 8.49. The molecule has 1 aliphatic carbocycles. The molecule has 2 N–H and O–H groups in total. The second-order valence-corrected chi connectivity index (χ2v) is 4.98. The average molecular weight is 238 g/mol. The molecule has 3 heteroatoms. The molecular formula is C14H26N2O. The normalized spacial score (nSPS) is 24.4. The molecule has 0 atom stereocenters. The summed E-state index contributed by atoms with van der Waals surface area (Å²) in [5.41, 5.74) is 5.91. The predicted octanol–water partition coefficient (Wildman–Crippen LogP) is 2.46. The highest BCUT2D eigenvalue weighted by Gasteiger charge is 2.26. The number of nitrogens with zero attached hydrogens (tertiary/aromatic N) is 1. The van der Waals surface area contributed by atoms with Crippen LogP contribution < -0.4 is 5.73 Å². The van der Waals surface area contributed by atoms with Crippen LogP contribution in [0.25, 0.3) is 0 Å². The zero-order valence-corrected chi connectivity index (χ0v) is 11.0. The van der Waals surface area contributed by atoms with Crippen molar-refractivity contribution in [3.05, 3.63) is 12.7 Å². The third kappa shape index (κ3) is 4.50. The summed E-state index contributed by atoms with van der Waals surface area (Å²) in [6.45, 7) is 6.69. The summed E-state index contributed by atoms with van der Waals surface area (Å²) in [6, 6.07) is 0.769. The molecule has 1 rings (SSSR count). The lowest BCUT2D eigenvalue weighted by atomic mass is 9.90. The minimum atomic E-state index is 0.284. The summed E-state index contributed by atoms with van der Waals surface area (Å²) in [7, 11) is 0. The molecule has 0 aliphatic heterocycles. The van der Waals surface area contributed by atoms with Crippen LogP contribution in [0.4, 0.5) is 0 Å². The topological polar surface area (TPSA) is 46.3 Å². The van der Waals surface area contributed by atoms with Crippen molar-refractivity contribution in [2.75, 3.05) is 6.54 Å². The van der Waals surface area contributed by atoms with Crippen LogP contribution in [0.3, 0.4) is 0 Å². The third-order valence-corrected chi connectivity index (χ3v) is 3.53. The highest BCUT2D eigenvalue weighted by atomic mass is 16.2. The van der Waals surface area contributed by atoms with Crippen molar-refractivity contribution >= 4 is 5.91 Å². The molecule has 0 unspecified atom stereocenters. The second kappa shape index (κ2) is 7.49. The molecule has 1 aliphatic rings. The van der Waals surface area contributed by atoms with Crippen LogP contribution in [0.1, 0.15) is 51.9 Å². The highest BCUT2D eigenvalue weighted by molar-refractivity contribution is 5.76. The van der Waals surface area contributed by atoms with Gasteiger partial charge in [-0.15, -0.1) is 6.58 Å². The van der Waals surface area contributed by atoms with Gasteiger partial charge in [0.05, 0.1) is 0 Å². The van der Waals surface area contributed by atoms with Gasteiger partial charge in [0.25, 0.3) is 0 Å². The van der Waals surface area contributed by atoms with E-state index in [1.807, 2.05) is 6.08 Å². The first-order chi connectivity index (χ1) is 8.19. The van der Waals surface area contributed by atoms with Gasteiger partial charge < -0.3 is 10.6 Å². The van der Waals surface area contributed by atoms with Crippen molar-refractivity contribution in [3.63, 3.8) is 0 Å². The van der Waals surface area contributed by atoms with Gasteiger partial charge in [0, 0.05) is 25.0 Å². The molecule has 1 fully saturated rings. The monoisotopic (exact) mass is 238 g/mol. The van der Waals surface area contributed by atoms with E-state index in [1.165, 1.54) is 0 Å². The Balaban J connectivity index is 2.51. The number of carbonyl (C=O) groups excluding carboxylic acids is 1. The van der Waals surface area contributed by atoms with Crippen molar-refractivity contribution in [1.29, 1.82) is 0 Å². The van der Waals surface area contributed by atoms with E-state index >= 15 is 0 Å². The first kappa shape index (κ1) is 14.2. The molecule has 3 nitrogen and oxygen atoms in total. The molecule has 0 bridgehead atoms. The molecule has 0 aromatic heterocycles. The van der Waals surface area contributed by atoms with Crippen LogP contribution in [0.2, 0.25) is 0 Å². The van der Waals surface area contributed by atoms with Gasteiger partial charge in [0.2, 0.25) is 5.91 Å². The maximum absolute atomic E-state index is 12.1. The fourth-order valence-electron chi connectivity index (χ4n) is 2.53. The number of carbonyl (C=O) groups is 1. The maximum Gasteiger partial charge on any atom is 0.223 e. The molecule has 0 aromatic rings. The van der Waals surface area contributed by atoms with E-state index in [-0.39, 0.29) is 5.91 Å². The number of rotatable bonds is 6. The Morgan fingerprint density at radius 2 is 2.06 bits per heavy atom. The van der Waals surface area contributed by atoms with Crippen LogP contribution in [-0.2, 0) is 4.79 Å². The summed E-state index contributed by atoms with van der Waals surface area (Å²) in [5, 5.41) is 0. The minimum Gasteiger partial charge on any atom is -0.340 e. The lowest BCUT2D eigenvalue weighted by Gasteiger charge is -2.36. The third-order valence-electron chi connectivity index (χ3n) is 3.53. The molecule has 0 saturated heterocycles. The van der Waals surface area contributed by atoms with Crippen molar-refractivity contribution in [3.8, 4) is 0 Å². The number of hydrogen-bond donors (Lipinski definition) is 1. The molecule has 0 spiro atoms. The van der Waals surface area contributed by atoms with Crippen molar-refractivity contribution < 1.29 is 4.79 Å². The number of hydrogen-bond acceptors (Lipinski definition) is 2. The largest absolute Gasteiger partial charge is 0.340 e. The van der Waals surface area contributed by atoms with Gasteiger partial charge in [-0.25, -0.2) is 0 Å². The van der Waals surface area contributed by atoms with E-state index in [9.17, 15) is 4.79 Å². The lowest BCUT2D eigenvalue weighted by Crippen LogP contribution is -2.44. The number of amides is 1. The number of allylic oxidation sites excluding steroid dienone is 1. The minimum absolute atomic E-state index is 0.284. The van der Waals surface area contributed by atoms with Gasteiger partial charge in [-0.2, -0.15) is 0 Å². The summed E-state index contributed by atoms with van der Waals surface area (Å²) < 4.78 is 0. The fraction of sp³-hybridized carbons (Fsp3) is 0.786. The maximum atomic E-state index is 12.1. The van der Waals surface area contributed by atoms with Gasteiger partial charge in [0.15, 0.2) is 0 Å². The van der Waals surface area contributed by atoms with E-state index in [1.54, 1.807) is 0 Å². The Morgan fingerprint density at radius 1 is 1.41 bits per heavy atom. The standard InChI is InChI=1S/C14H26N2O/c1-3-5-6-14(17)16(11-4-2)13-9-7-12(15)8-10-13/h3,12-13H,1,4-11,15H2,2H3. The average Bonchev–Trinajstić information content (AvgIpc) is 2.34. The molecular weight excluding hydrogens is 212 g/mol. The predicted molar refractivity (Wildman–Crippen MR) is 71.7 cm³/mol. The Hall–Kier alpha value is -0.830. The van der Waals surface area contributed by atoms with Crippen LogP contribution in [-0.4, -0.2) is 29.4 Å². The van der Waals surface area contributed by atoms with Gasteiger partial charge >= 0.3 is 0 Å². The first-order valence-electron chi connectivity index (χ1n) is 6.85. The smallest absolute Gasteiger partial charge is 0.223 e. The fourth-order valence-corrected chi connectivity index (χ4v) is 2.53. The van der Waals surface area contributed by atoms with Crippen LogP contribution >= 0.6 is 0 Å². The van der Waals surface area contributed by atoms with Gasteiger partial charge in [-0.1, -0.05) is 13.0 Å². The zero-order chi connectivity index (χ0) is 12.7. The summed E-state index contributed by atoms with van der Waals surface area (Å²) in [4.78, 5) is 14.2. The Morgan fingerprint density at radius 3 is 2.59 bits per heavy atom. The molecule has 98 valence electrons. The summed E-state index contributed by atoms with van der Waals surface area (Å²) >= 11 is 0. The van der Waals surface area contributed by atoms with Crippen LogP contribution in [0, 0.1) is 0 Å². The van der Waals surface area contributed by atoms with E-state index in [0.717, 1.165) is 45.1 Å². The quantitative estimate of drug-likeness (QED) is 0.723. The van der Waals surface area contributed by atoms with Gasteiger partial charge in [-0.3, -0.25) is 4.79 Å². The first-order valence-corrected chi connectivity index (χ1v) is 6.85. The molecule has 17 heavy (non-hydrogen) atoms.